The van der Waals surface area contributed by atoms with Gasteiger partial charge in [-0.15, -0.1) is 20.4 Å². The molecule has 2 heterocycles. The summed E-state index contributed by atoms with van der Waals surface area (Å²) in [5.41, 5.74) is 9.43. The number of nitrogens with one attached hydrogen (secondary N) is 2. The Kier molecular flexibility index (Phi) is 8.04. The normalized spacial score (nSPS) is 17.2. The Balaban J connectivity index is 1.16. The van der Waals surface area contributed by atoms with E-state index >= 15 is 0 Å². The van der Waals surface area contributed by atoms with Crippen molar-refractivity contribution in [3.8, 4) is 0 Å². The maximum Gasteiger partial charge on any atom is 0.230 e. The molecule has 2 aromatic carbocycles. The molecular formula is C27H29N7O2S2. The first-order chi connectivity index (χ1) is 18.4. The lowest BCUT2D eigenvalue weighted by molar-refractivity contribution is -0.116. The van der Waals surface area contributed by atoms with Crippen molar-refractivity contribution >= 4 is 50.4 Å². The van der Waals surface area contributed by atoms with Crippen LogP contribution in [0.3, 0.4) is 0 Å². The van der Waals surface area contributed by atoms with Crippen LogP contribution in [-0.4, -0.2) is 32.2 Å². The third-order valence-corrected chi connectivity index (χ3v) is 8.77. The molecule has 2 aromatic heterocycles. The molecule has 0 spiro atoms. The fourth-order valence-electron chi connectivity index (χ4n) is 4.72. The third-order valence-electron chi connectivity index (χ3n) is 6.77. The first kappa shape index (κ1) is 25.9. The Labute approximate surface area is 228 Å². The van der Waals surface area contributed by atoms with Gasteiger partial charge in [0.2, 0.25) is 22.1 Å². The highest BCUT2D eigenvalue weighted by atomic mass is 32.1. The number of nitrogens with two attached hydrogens (primary N) is 1. The molecule has 0 radical (unpaired) electrons. The van der Waals surface area contributed by atoms with E-state index in [0.717, 1.165) is 52.4 Å². The molecule has 2 atom stereocenters. The van der Waals surface area contributed by atoms with Crippen LogP contribution in [0.4, 0.5) is 16.0 Å². The average Bonchev–Trinajstić information content (AvgIpc) is 3.57. The highest BCUT2D eigenvalue weighted by Gasteiger charge is 2.29. The number of amides is 2. The van der Waals surface area contributed by atoms with Crippen LogP contribution in [0.5, 0.6) is 0 Å². The maximum absolute atomic E-state index is 12.5. The quantitative estimate of drug-likeness (QED) is 0.262. The predicted octanol–water partition coefficient (Wildman–Crippen LogP) is 5.08. The predicted molar refractivity (Wildman–Crippen MR) is 150 cm³/mol. The van der Waals surface area contributed by atoms with Gasteiger partial charge in [-0.25, -0.2) is 0 Å². The summed E-state index contributed by atoms with van der Waals surface area (Å²) in [6.45, 7) is 2.00. The number of benzene rings is 2. The fourth-order valence-corrected chi connectivity index (χ4v) is 6.53. The van der Waals surface area contributed by atoms with E-state index < -0.39 is 0 Å². The smallest absolute Gasteiger partial charge is 0.230 e. The van der Waals surface area contributed by atoms with Gasteiger partial charge in [0.1, 0.15) is 10.0 Å². The van der Waals surface area contributed by atoms with E-state index in [2.05, 4.69) is 31.0 Å². The van der Waals surface area contributed by atoms with E-state index in [-0.39, 0.29) is 30.1 Å². The second-order valence-corrected chi connectivity index (χ2v) is 11.5. The summed E-state index contributed by atoms with van der Waals surface area (Å²) in [4.78, 5) is 25.0. The lowest BCUT2D eigenvalue weighted by Crippen LogP contribution is -2.15. The molecular weight excluding hydrogens is 518 g/mol. The highest BCUT2D eigenvalue weighted by molar-refractivity contribution is 7.15. The van der Waals surface area contributed by atoms with E-state index in [4.69, 9.17) is 5.73 Å². The molecule has 0 bridgehead atoms. The first-order valence-corrected chi connectivity index (χ1v) is 14.2. The zero-order valence-corrected chi connectivity index (χ0v) is 22.6. The van der Waals surface area contributed by atoms with Crippen LogP contribution < -0.4 is 16.4 Å². The summed E-state index contributed by atoms with van der Waals surface area (Å²) in [5, 5.41) is 25.8. The number of hydrogen-bond donors (Lipinski definition) is 3. The fraction of sp³-hybridized carbons (Fsp3) is 0.333. The molecule has 11 heteroatoms. The number of carbonyl (C=O) groups excluding carboxylic acids is 2. The van der Waals surface area contributed by atoms with Crippen molar-refractivity contribution in [1.82, 2.24) is 20.4 Å². The standard InChI is InChI=1S/C27H29N7O2S2/c1-16-7-2-3-8-17(16)14-22(35)29-26-33-31-24(37-26)19-10-6-11-20(13-19)25-32-34-27(38-25)30-23(36)15-18-9-4-5-12-21(18)28/h2-5,7-9,12,19-20H,6,10-11,13-15,28H2,1H3,(H,29,33,35)(H,30,34,36)/t19-,20-/m1/s1. The van der Waals surface area contributed by atoms with Crippen molar-refractivity contribution in [1.29, 1.82) is 0 Å². The van der Waals surface area contributed by atoms with Crippen molar-refractivity contribution in [2.24, 2.45) is 0 Å². The van der Waals surface area contributed by atoms with Crippen LogP contribution in [0.2, 0.25) is 0 Å². The van der Waals surface area contributed by atoms with Gasteiger partial charge in [-0.1, -0.05) is 71.6 Å². The number of nitrogens with zero attached hydrogens (tertiary/aromatic N) is 4. The van der Waals surface area contributed by atoms with Crippen molar-refractivity contribution in [2.45, 2.75) is 57.3 Å². The monoisotopic (exact) mass is 547 g/mol. The SMILES string of the molecule is Cc1ccccc1CC(=O)Nc1nnc([C@@H]2CCC[C@@H](c3nnc(NC(=O)Cc4ccccc4N)s3)C2)s1. The molecule has 5 rings (SSSR count). The van der Waals surface area contributed by atoms with Crippen LogP contribution in [0.15, 0.2) is 48.5 Å². The van der Waals surface area contributed by atoms with Crippen molar-refractivity contribution in [3.63, 3.8) is 0 Å². The largest absolute Gasteiger partial charge is 0.398 e. The van der Waals surface area contributed by atoms with E-state index in [9.17, 15) is 9.59 Å². The summed E-state index contributed by atoms with van der Waals surface area (Å²) >= 11 is 2.86. The molecule has 196 valence electrons. The summed E-state index contributed by atoms with van der Waals surface area (Å²) in [6.07, 6.45) is 4.45. The maximum atomic E-state index is 12.5. The third kappa shape index (κ3) is 6.40. The molecule has 4 N–H and O–H groups in total. The number of aryl methyl sites for hydroxylation is 1. The number of nitrogen functional groups attached to an aromatic ring is 1. The lowest BCUT2D eigenvalue weighted by atomic mass is 9.82. The number of carbonyl (C=O) groups is 2. The van der Waals surface area contributed by atoms with Crippen LogP contribution in [-0.2, 0) is 22.4 Å². The molecule has 1 aliphatic rings. The van der Waals surface area contributed by atoms with Gasteiger partial charge in [0, 0.05) is 17.5 Å². The molecule has 1 aliphatic carbocycles. The van der Waals surface area contributed by atoms with E-state index in [1.807, 2.05) is 49.4 Å². The zero-order chi connectivity index (χ0) is 26.5. The van der Waals surface area contributed by atoms with Gasteiger partial charge >= 0.3 is 0 Å². The molecule has 9 nitrogen and oxygen atoms in total. The molecule has 0 saturated heterocycles. The number of para-hydroxylation sites is 1. The van der Waals surface area contributed by atoms with Gasteiger partial charge < -0.3 is 16.4 Å². The van der Waals surface area contributed by atoms with Crippen molar-refractivity contribution in [2.75, 3.05) is 16.4 Å². The molecule has 1 fully saturated rings. The first-order valence-electron chi connectivity index (χ1n) is 12.6. The minimum Gasteiger partial charge on any atom is -0.398 e. The number of anilines is 3. The van der Waals surface area contributed by atoms with E-state index in [0.29, 0.717) is 22.4 Å². The van der Waals surface area contributed by atoms with Gasteiger partial charge in [0.05, 0.1) is 12.8 Å². The van der Waals surface area contributed by atoms with Gasteiger partial charge in [-0.3, -0.25) is 9.59 Å². The van der Waals surface area contributed by atoms with E-state index in [1.165, 1.54) is 22.7 Å². The Morgan fingerprint density at radius 3 is 1.92 bits per heavy atom. The Bertz CT molecular complexity index is 1330. The van der Waals surface area contributed by atoms with Crippen LogP contribution in [0, 0.1) is 6.92 Å². The molecule has 0 unspecified atom stereocenters. The van der Waals surface area contributed by atoms with Gasteiger partial charge in [-0.05, 0) is 48.9 Å². The second-order valence-electron chi connectivity index (χ2n) is 9.53. The van der Waals surface area contributed by atoms with Crippen LogP contribution in [0.25, 0.3) is 0 Å². The van der Waals surface area contributed by atoms with Crippen molar-refractivity contribution < 1.29 is 9.59 Å². The summed E-state index contributed by atoms with van der Waals surface area (Å²) in [7, 11) is 0. The zero-order valence-electron chi connectivity index (χ0n) is 21.0. The van der Waals surface area contributed by atoms with Crippen LogP contribution in [0.1, 0.15) is 64.2 Å². The number of hydrogen-bond acceptors (Lipinski definition) is 9. The van der Waals surface area contributed by atoms with Gasteiger partial charge in [0.25, 0.3) is 0 Å². The molecule has 0 aliphatic heterocycles. The van der Waals surface area contributed by atoms with Crippen LogP contribution >= 0.6 is 22.7 Å². The minimum absolute atomic E-state index is 0.0955. The number of rotatable bonds is 8. The molecule has 4 aromatic rings. The summed E-state index contributed by atoms with van der Waals surface area (Å²) < 4.78 is 0. The molecule has 2 amide bonds. The lowest BCUT2D eigenvalue weighted by Gasteiger charge is -2.25. The summed E-state index contributed by atoms with van der Waals surface area (Å²) in [5.74, 6) is 0.223. The average molecular weight is 548 g/mol. The molecule has 1 saturated carbocycles. The van der Waals surface area contributed by atoms with Crippen molar-refractivity contribution in [3.05, 3.63) is 75.2 Å². The van der Waals surface area contributed by atoms with Gasteiger partial charge in [-0.2, -0.15) is 0 Å². The number of aromatic nitrogens is 4. The van der Waals surface area contributed by atoms with Gasteiger partial charge in [0.15, 0.2) is 0 Å². The van der Waals surface area contributed by atoms with E-state index in [1.54, 1.807) is 6.07 Å². The highest BCUT2D eigenvalue weighted by Crippen LogP contribution is 2.43. The molecule has 38 heavy (non-hydrogen) atoms. The Morgan fingerprint density at radius 2 is 1.34 bits per heavy atom. The minimum atomic E-state index is -0.169. The topological polar surface area (TPSA) is 136 Å². The summed E-state index contributed by atoms with van der Waals surface area (Å²) in [6, 6.07) is 15.2. The Hall–Kier alpha value is -3.70. The Morgan fingerprint density at radius 1 is 0.816 bits per heavy atom. The second kappa shape index (κ2) is 11.8.